The lowest BCUT2D eigenvalue weighted by molar-refractivity contribution is 0.353. The molecule has 1 fully saturated rings. The van der Waals surface area contributed by atoms with Gasteiger partial charge in [0.05, 0.1) is 6.54 Å². The van der Waals surface area contributed by atoms with Gasteiger partial charge in [0.2, 0.25) is 0 Å². The molecule has 1 aromatic rings. The lowest BCUT2D eigenvalue weighted by atomic mass is 9.99. The number of hydrogen-bond acceptors (Lipinski definition) is 3. The van der Waals surface area contributed by atoms with Crippen molar-refractivity contribution in [3.05, 3.63) is 29.8 Å². The molecule has 0 radical (unpaired) electrons. The Morgan fingerprint density at radius 1 is 1.28 bits per heavy atom. The van der Waals surface area contributed by atoms with Crippen molar-refractivity contribution in [2.75, 3.05) is 6.54 Å². The van der Waals surface area contributed by atoms with E-state index in [1.165, 1.54) is 6.42 Å². The lowest BCUT2D eigenvalue weighted by Crippen LogP contribution is -2.47. The molecule has 1 aliphatic rings. The van der Waals surface area contributed by atoms with Gasteiger partial charge in [-0.1, -0.05) is 12.1 Å². The van der Waals surface area contributed by atoms with Crippen LogP contribution in [0.3, 0.4) is 0 Å². The first-order valence-corrected chi connectivity index (χ1v) is 6.47. The van der Waals surface area contributed by atoms with Crippen LogP contribution in [0, 0.1) is 0 Å². The molecule has 1 saturated heterocycles. The predicted molar refractivity (Wildman–Crippen MR) is 75.4 cm³/mol. The van der Waals surface area contributed by atoms with Crippen molar-refractivity contribution in [3.63, 3.8) is 0 Å². The molecule has 0 bridgehead atoms. The van der Waals surface area contributed by atoms with Crippen molar-refractivity contribution < 1.29 is 5.11 Å². The number of nitrogens with zero attached hydrogens (tertiary/aromatic N) is 1. The van der Waals surface area contributed by atoms with Gasteiger partial charge in [-0.15, -0.1) is 0 Å². The minimum absolute atomic E-state index is 0.0738. The Morgan fingerprint density at radius 3 is 2.61 bits per heavy atom. The first kappa shape index (κ1) is 13.1. The number of aliphatic imine (C=N–C) groups is 1. The number of para-hydroxylation sites is 1. The minimum Gasteiger partial charge on any atom is -0.507 e. The zero-order valence-corrected chi connectivity index (χ0v) is 11.4. The summed E-state index contributed by atoms with van der Waals surface area (Å²) in [6.07, 6.45) is 4.07. The average Bonchev–Trinajstić information content (AvgIpc) is 2.56. The maximum atomic E-state index is 9.64. The quantitative estimate of drug-likeness (QED) is 0.805. The van der Waals surface area contributed by atoms with Gasteiger partial charge in [0.1, 0.15) is 5.75 Å². The molecular weight excluding hydrogens is 224 g/mol. The van der Waals surface area contributed by atoms with Crippen LogP contribution in [0.15, 0.2) is 29.3 Å². The van der Waals surface area contributed by atoms with E-state index in [9.17, 15) is 5.11 Å². The molecule has 0 saturated carbocycles. The van der Waals surface area contributed by atoms with E-state index in [4.69, 9.17) is 0 Å². The molecular formula is C15H22N2O. The van der Waals surface area contributed by atoms with Gasteiger partial charge in [-0.25, -0.2) is 0 Å². The van der Waals surface area contributed by atoms with Crippen LogP contribution in [-0.2, 0) is 0 Å². The molecule has 1 heterocycles. The van der Waals surface area contributed by atoms with Crippen molar-refractivity contribution >= 4 is 6.21 Å². The summed E-state index contributed by atoms with van der Waals surface area (Å²) in [4.78, 5) is 4.47. The van der Waals surface area contributed by atoms with E-state index >= 15 is 0 Å². The van der Waals surface area contributed by atoms with Crippen molar-refractivity contribution in [2.24, 2.45) is 4.99 Å². The number of nitrogens with one attached hydrogen (secondary N) is 1. The van der Waals surface area contributed by atoms with Gasteiger partial charge in [-0.05, 0) is 45.7 Å². The van der Waals surface area contributed by atoms with Gasteiger partial charge < -0.3 is 10.4 Å². The van der Waals surface area contributed by atoms with Gasteiger partial charge >= 0.3 is 0 Å². The van der Waals surface area contributed by atoms with Crippen LogP contribution in [0.2, 0.25) is 0 Å². The highest BCUT2D eigenvalue weighted by Crippen LogP contribution is 2.30. The molecule has 0 aromatic heterocycles. The van der Waals surface area contributed by atoms with Crippen LogP contribution < -0.4 is 5.32 Å². The molecule has 18 heavy (non-hydrogen) atoms. The first-order valence-electron chi connectivity index (χ1n) is 6.47. The van der Waals surface area contributed by atoms with Gasteiger partial charge in [0, 0.05) is 22.9 Å². The number of phenols is 1. The van der Waals surface area contributed by atoms with Gasteiger partial charge in [0.15, 0.2) is 0 Å². The largest absolute Gasteiger partial charge is 0.507 e. The first-order chi connectivity index (χ1) is 8.40. The summed E-state index contributed by atoms with van der Waals surface area (Å²) < 4.78 is 0. The van der Waals surface area contributed by atoms with E-state index in [1.54, 1.807) is 12.3 Å². The van der Waals surface area contributed by atoms with E-state index in [-0.39, 0.29) is 16.8 Å². The minimum atomic E-state index is 0.0738. The molecule has 1 aromatic carbocycles. The van der Waals surface area contributed by atoms with E-state index in [0.29, 0.717) is 0 Å². The molecule has 2 N–H and O–H groups in total. The number of phenolic OH excluding ortho intramolecular Hbond substituents is 1. The summed E-state index contributed by atoms with van der Waals surface area (Å²) in [5.74, 6) is 0.283. The number of benzene rings is 1. The van der Waals surface area contributed by atoms with Gasteiger partial charge in [-0.3, -0.25) is 4.99 Å². The van der Waals surface area contributed by atoms with Crippen LogP contribution in [0.25, 0.3) is 0 Å². The van der Waals surface area contributed by atoms with E-state index in [2.05, 4.69) is 31.1 Å². The Bertz CT molecular complexity index is 454. The highest BCUT2D eigenvalue weighted by Gasteiger charge is 2.38. The second-order valence-corrected chi connectivity index (χ2v) is 6.10. The molecule has 1 atom stereocenters. The number of rotatable bonds is 3. The summed E-state index contributed by atoms with van der Waals surface area (Å²) in [5, 5.41) is 13.3. The highest BCUT2D eigenvalue weighted by atomic mass is 16.3. The van der Waals surface area contributed by atoms with Gasteiger partial charge in [0.25, 0.3) is 0 Å². The second-order valence-electron chi connectivity index (χ2n) is 6.10. The SMILES string of the molecule is CC1(C)CCC(C)(CN=Cc2ccccc2O)N1. The number of hydrogen-bond donors (Lipinski definition) is 2. The molecule has 2 rings (SSSR count). The number of aromatic hydroxyl groups is 1. The zero-order valence-electron chi connectivity index (χ0n) is 11.4. The Kier molecular flexibility index (Phi) is 3.44. The summed E-state index contributed by atoms with van der Waals surface area (Å²) in [6.45, 7) is 7.41. The zero-order chi connectivity index (χ0) is 13.2. The normalized spacial score (nSPS) is 26.8. The standard InChI is InChI=1S/C15H22N2O/c1-14(2)8-9-15(3,17-14)11-16-10-12-6-4-5-7-13(12)18/h4-7,10,17-18H,8-9,11H2,1-3H3. The van der Waals surface area contributed by atoms with Gasteiger partial charge in [-0.2, -0.15) is 0 Å². The molecule has 0 spiro atoms. The lowest BCUT2D eigenvalue weighted by Gasteiger charge is -2.27. The average molecular weight is 246 g/mol. The molecule has 1 unspecified atom stereocenters. The Hall–Kier alpha value is -1.35. The van der Waals surface area contributed by atoms with Crippen LogP contribution in [0.4, 0.5) is 0 Å². The monoisotopic (exact) mass is 246 g/mol. The molecule has 3 heteroatoms. The van der Waals surface area contributed by atoms with E-state index in [0.717, 1.165) is 18.5 Å². The van der Waals surface area contributed by atoms with Crippen LogP contribution in [0.1, 0.15) is 39.2 Å². The van der Waals surface area contributed by atoms with Crippen LogP contribution in [0.5, 0.6) is 5.75 Å². The van der Waals surface area contributed by atoms with Crippen LogP contribution in [-0.4, -0.2) is 28.9 Å². The fourth-order valence-corrected chi connectivity index (χ4v) is 2.59. The summed E-state index contributed by atoms with van der Waals surface area (Å²) in [7, 11) is 0. The smallest absolute Gasteiger partial charge is 0.124 e. The Labute approximate surface area is 109 Å². The third-order valence-electron chi connectivity index (χ3n) is 3.55. The third kappa shape index (κ3) is 3.10. The van der Waals surface area contributed by atoms with E-state index < -0.39 is 0 Å². The van der Waals surface area contributed by atoms with Crippen molar-refractivity contribution in [1.29, 1.82) is 0 Å². The third-order valence-corrected chi connectivity index (χ3v) is 3.55. The highest BCUT2D eigenvalue weighted by molar-refractivity contribution is 5.83. The molecule has 0 amide bonds. The second kappa shape index (κ2) is 4.73. The van der Waals surface area contributed by atoms with Crippen molar-refractivity contribution in [3.8, 4) is 5.75 Å². The fraction of sp³-hybridized carbons (Fsp3) is 0.533. The molecule has 0 aliphatic carbocycles. The summed E-state index contributed by atoms with van der Waals surface area (Å²) in [5.41, 5.74) is 1.06. The maximum absolute atomic E-state index is 9.64. The van der Waals surface area contributed by atoms with Crippen molar-refractivity contribution in [2.45, 2.75) is 44.7 Å². The van der Waals surface area contributed by atoms with Crippen molar-refractivity contribution in [1.82, 2.24) is 5.32 Å². The predicted octanol–water partition coefficient (Wildman–Crippen LogP) is 2.73. The molecule has 98 valence electrons. The maximum Gasteiger partial charge on any atom is 0.124 e. The Balaban J connectivity index is 1.98. The molecule has 1 aliphatic heterocycles. The molecule has 3 nitrogen and oxygen atoms in total. The topological polar surface area (TPSA) is 44.6 Å². The van der Waals surface area contributed by atoms with Crippen LogP contribution >= 0.6 is 0 Å². The Morgan fingerprint density at radius 2 is 2.00 bits per heavy atom. The summed E-state index contributed by atoms with van der Waals surface area (Å²) in [6, 6.07) is 7.27. The fourth-order valence-electron chi connectivity index (χ4n) is 2.59. The summed E-state index contributed by atoms with van der Waals surface area (Å²) >= 11 is 0. The van der Waals surface area contributed by atoms with E-state index in [1.807, 2.05) is 18.2 Å².